The van der Waals surface area contributed by atoms with Gasteiger partial charge in [0.05, 0.1) is 23.6 Å². The highest BCUT2D eigenvalue weighted by Crippen LogP contribution is 2.44. The van der Waals surface area contributed by atoms with Crippen molar-refractivity contribution in [2.75, 3.05) is 6.61 Å². The fraction of sp³-hybridized carbons (Fsp3) is 0.321. The molecule has 2 heterocycles. The third kappa shape index (κ3) is 4.71. The van der Waals surface area contributed by atoms with Gasteiger partial charge in [0.1, 0.15) is 0 Å². The molecule has 0 aliphatic heterocycles. The first-order chi connectivity index (χ1) is 17.4. The number of nitrogens with zero attached hydrogens (tertiary/aromatic N) is 1. The van der Waals surface area contributed by atoms with Crippen molar-refractivity contribution in [2.45, 2.75) is 42.9 Å². The van der Waals surface area contributed by atoms with Crippen LogP contribution in [0.25, 0.3) is 21.3 Å². The highest BCUT2D eigenvalue weighted by atomic mass is 35.5. The third-order valence-corrected chi connectivity index (χ3v) is 10.7. The van der Waals surface area contributed by atoms with Gasteiger partial charge in [-0.25, -0.2) is 13.1 Å². The zero-order chi connectivity index (χ0) is 24.9. The maximum Gasteiger partial charge on any atom is 0.215 e. The summed E-state index contributed by atoms with van der Waals surface area (Å²) in [4.78, 5) is 5.55. The van der Waals surface area contributed by atoms with Crippen molar-refractivity contribution >= 4 is 43.0 Å². The molecule has 2 saturated carbocycles. The smallest absolute Gasteiger partial charge is 0.215 e. The summed E-state index contributed by atoms with van der Waals surface area (Å²) in [5, 5.41) is 11.2. The third-order valence-electron chi connectivity index (χ3n) is 7.19. The Morgan fingerprint density at radius 1 is 1.06 bits per heavy atom. The molecule has 2 N–H and O–H groups in total. The molecule has 0 spiro atoms. The predicted octanol–water partition coefficient (Wildman–Crippen LogP) is 6.27. The fourth-order valence-corrected chi connectivity index (χ4v) is 8.00. The normalized spacial score (nSPS) is 17.8. The Morgan fingerprint density at radius 2 is 1.86 bits per heavy atom. The molecule has 4 aromatic rings. The van der Waals surface area contributed by atoms with Crippen LogP contribution >= 0.6 is 22.9 Å². The van der Waals surface area contributed by atoms with Crippen molar-refractivity contribution in [3.63, 3.8) is 0 Å². The number of aromatic nitrogens is 1. The van der Waals surface area contributed by atoms with Gasteiger partial charge in [0.15, 0.2) is 0 Å². The van der Waals surface area contributed by atoms with E-state index in [-0.39, 0.29) is 17.8 Å². The zero-order valence-corrected chi connectivity index (χ0v) is 22.0. The summed E-state index contributed by atoms with van der Waals surface area (Å²) in [6.07, 6.45) is 5.52. The van der Waals surface area contributed by atoms with Crippen LogP contribution in [0.4, 0.5) is 0 Å². The van der Waals surface area contributed by atoms with E-state index >= 15 is 0 Å². The van der Waals surface area contributed by atoms with Gasteiger partial charge in [0, 0.05) is 32.3 Å². The molecule has 8 heteroatoms. The van der Waals surface area contributed by atoms with Gasteiger partial charge in [-0.1, -0.05) is 48.0 Å². The molecule has 5 nitrogen and oxygen atoms in total. The molecule has 0 bridgehead atoms. The highest BCUT2D eigenvalue weighted by Gasteiger charge is 2.38. The van der Waals surface area contributed by atoms with E-state index in [4.69, 9.17) is 11.6 Å². The Hall–Kier alpha value is -2.29. The van der Waals surface area contributed by atoms with Crippen LogP contribution in [0.1, 0.15) is 53.6 Å². The second-order valence-corrected chi connectivity index (χ2v) is 13.3. The first-order valence-corrected chi connectivity index (χ1v) is 15.0. The number of pyridine rings is 1. The quantitative estimate of drug-likeness (QED) is 0.263. The maximum atomic E-state index is 13.0. The number of hydrogen-bond acceptors (Lipinski definition) is 5. The molecule has 2 atom stereocenters. The summed E-state index contributed by atoms with van der Waals surface area (Å²) in [5.41, 5.74) is 3.72. The van der Waals surface area contributed by atoms with Gasteiger partial charge in [-0.15, -0.1) is 11.3 Å². The number of hydrogen-bond donors (Lipinski definition) is 2. The summed E-state index contributed by atoms with van der Waals surface area (Å²) in [6.45, 7) is 0.141. The summed E-state index contributed by atoms with van der Waals surface area (Å²) >= 11 is 8.12. The Morgan fingerprint density at radius 3 is 2.58 bits per heavy atom. The number of aliphatic hydroxyl groups is 1. The van der Waals surface area contributed by atoms with Gasteiger partial charge in [-0.2, -0.15) is 0 Å². The number of thiophene rings is 1. The minimum absolute atomic E-state index is 0.141. The average Bonchev–Trinajstić information content (AvgIpc) is 3.81. The van der Waals surface area contributed by atoms with Gasteiger partial charge >= 0.3 is 0 Å². The van der Waals surface area contributed by atoms with Gasteiger partial charge < -0.3 is 5.11 Å². The van der Waals surface area contributed by atoms with Crippen LogP contribution in [-0.2, 0) is 10.0 Å². The standard InChI is InChI=1S/C28H27ClN2O3S2/c29-24-7-2-1-5-21(24)27(31-36(33,34)20-10-11-20)26-15-19-4-3-6-22(28(19)35-26)25-14-18(12-13-30-25)23(16-32)17-8-9-17/h1-7,12-15,17,20,23,27,31-32H,8-11,16H2. The molecule has 0 radical (unpaired) electrons. The molecule has 2 unspecified atom stereocenters. The SMILES string of the molecule is O=S(=O)(NC(c1cc2cccc(-c3cc(C(CO)C4CC4)ccn3)c2s1)c1ccccc1Cl)C1CC1. The average molecular weight is 539 g/mol. The molecule has 2 fully saturated rings. The number of benzene rings is 2. The lowest BCUT2D eigenvalue weighted by atomic mass is 9.94. The van der Waals surface area contributed by atoms with Crippen molar-refractivity contribution in [1.29, 1.82) is 0 Å². The Labute approximate surface area is 220 Å². The lowest BCUT2D eigenvalue weighted by Crippen LogP contribution is -2.31. The van der Waals surface area contributed by atoms with Crippen molar-refractivity contribution in [3.8, 4) is 11.3 Å². The van der Waals surface area contributed by atoms with E-state index in [1.54, 1.807) is 17.4 Å². The second-order valence-electron chi connectivity index (χ2n) is 9.79. The van der Waals surface area contributed by atoms with E-state index in [9.17, 15) is 13.5 Å². The van der Waals surface area contributed by atoms with Crippen LogP contribution in [0.15, 0.2) is 66.9 Å². The summed E-state index contributed by atoms with van der Waals surface area (Å²) in [5.74, 6) is 0.691. The first-order valence-electron chi connectivity index (χ1n) is 12.3. The molecular weight excluding hydrogens is 512 g/mol. The molecular formula is C28H27ClN2O3S2. The first kappa shape index (κ1) is 24.1. The molecule has 0 amide bonds. The minimum atomic E-state index is -3.46. The molecule has 2 aliphatic rings. The summed E-state index contributed by atoms with van der Waals surface area (Å²) in [6, 6.07) is 19.1. The van der Waals surface area contributed by atoms with Gasteiger partial charge in [-0.05, 0) is 72.4 Å². The summed E-state index contributed by atoms with van der Waals surface area (Å²) in [7, 11) is -3.46. The van der Waals surface area contributed by atoms with Crippen LogP contribution in [0.3, 0.4) is 0 Å². The number of fused-ring (bicyclic) bond motifs is 1. The van der Waals surface area contributed by atoms with E-state index < -0.39 is 16.1 Å². The number of rotatable bonds is 9. The van der Waals surface area contributed by atoms with Crippen LogP contribution in [-0.4, -0.2) is 30.4 Å². The topological polar surface area (TPSA) is 79.3 Å². The molecule has 186 valence electrons. The molecule has 2 aromatic carbocycles. The largest absolute Gasteiger partial charge is 0.396 e. The van der Waals surface area contributed by atoms with E-state index in [1.165, 1.54) is 0 Å². The number of aliphatic hydroxyl groups excluding tert-OH is 1. The molecule has 2 aliphatic carbocycles. The predicted molar refractivity (Wildman–Crippen MR) is 146 cm³/mol. The Kier molecular flexibility index (Phi) is 6.38. The fourth-order valence-electron chi connectivity index (χ4n) is 4.90. The minimum Gasteiger partial charge on any atom is -0.396 e. The Balaban J connectivity index is 1.43. The van der Waals surface area contributed by atoms with Gasteiger partial charge in [-0.3, -0.25) is 4.98 Å². The van der Waals surface area contributed by atoms with Crippen molar-refractivity contribution < 1.29 is 13.5 Å². The number of nitrogens with one attached hydrogen (secondary N) is 1. The second kappa shape index (κ2) is 9.54. The molecule has 6 rings (SSSR count). The lowest BCUT2D eigenvalue weighted by Gasteiger charge is -2.19. The van der Waals surface area contributed by atoms with E-state index in [0.29, 0.717) is 23.8 Å². The van der Waals surface area contributed by atoms with Crippen molar-refractivity contribution in [2.24, 2.45) is 5.92 Å². The molecule has 2 aromatic heterocycles. The van der Waals surface area contributed by atoms with Crippen molar-refractivity contribution in [3.05, 3.63) is 87.9 Å². The summed E-state index contributed by atoms with van der Waals surface area (Å²) < 4.78 is 30.0. The van der Waals surface area contributed by atoms with Crippen molar-refractivity contribution in [1.82, 2.24) is 9.71 Å². The van der Waals surface area contributed by atoms with Crippen LogP contribution in [0.2, 0.25) is 5.02 Å². The Bertz CT molecular complexity index is 1530. The van der Waals surface area contributed by atoms with Crippen LogP contribution in [0, 0.1) is 5.92 Å². The maximum absolute atomic E-state index is 13.0. The zero-order valence-electron chi connectivity index (χ0n) is 19.6. The van der Waals surface area contributed by atoms with Crippen LogP contribution < -0.4 is 4.72 Å². The van der Waals surface area contributed by atoms with Gasteiger partial charge in [0.2, 0.25) is 10.0 Å². The monoisotopic (exact) mass is 538 g/mol. The molecule has 0 saturated heterocycles. The number of sulfonamides is 1. The van der Waals surface area contributed by atoms with Crippen LogP contribution in [0.5, 0.6) is 0 Å². The molecule has 36 heavy (non-hydrogen) atoms. The van der Waals surface area contributed by atoms with E-state index in [0.717, 1.165) is 50.2 Å². The van der Waals surface area contributed by atoms with E-state index in [2.05, 4.69) is 27.9 Å². The lowest BCUT2D eigenvalue weighted by molar-refractivity contribution is 0.253. The highest BCUT2D eigenvalue weighted by molar-refractivity contribution is 7.90. The number of halogens is 1. The van der Waals surface area contributed by atoms with Gasteiger partial charge in [0.25, 0.3) is 0 Å². The van der Waals surface area contributed by atoms with E-state index in [1.807, 2.05) is 42.6 Å².